The number of ether oxygens (including phenoxy) is 4. The number of carbonyl (C=O) groups excluding carboxylic acids is 1. The lowest BCUT2D eigenvalue weighted by molar-refractivity contribution is -0.139. The number of allylic oxidation sites excluding steroid dienone is 1. The molecule has 1 aliphatic heterocycles. The molecule has 11 heteroatoms. The fraction of sp³-hybridized carbons (Fsp3) is 0.219. The number of thiazole rings is 1. The van der Waals surface area contributed by atoms with E-state index in [9.17, 15) is 9.59 Å². The summed E-state index contributed by atoms with van der Waals surface area (Å²) in [4.78, 5) is 32.2. The predicted molar refractivity (Wildman–Crippen MR) is 183 cm³/mol. The number of halogens is 2. The molecule has 0 amide bonds. The van der Waals surface area contributed by atoms with E-state index in [1.54, 1.807) is 44.8 Å². The van der Waals surface area contributed by atoms with Crippen molar-refractivity contribution in [3.63, 3.8) is 0 Å². The third-order valence-electron chi connectivity index (χ3n) is 6.81. The molecule has 0 saturated carbocycles. The molecule has 1 atom stereocenters. The Bertz CT molecular complexity index is 1900. The molecule has 222 valence electrons. The molecule has 0 bridgehead atoms. The van der Waals surface area contributed by atoms with Crippen LogP contribution in [0.1, 0.15) is 36.6 Å². The van der Waals surface area contributed by atoms with Gasteiger partial charge in [0.1, 0.15) is 12.4 Å². The van der Waals surface area contributed by atoms with Crippen LogP contribution < -0.4 is 29.1 Å². The third-order valence-corrected chi connectivity index (χ3v) is 9.30. The summed E-state index contributed by atoms with van der Waals surface area (Å²) in [5.74, 6) is 1.35. The monoisotopic (exact) mass is 822 g/mol. The SMILES string of the molecule is CCOC(=O)C1=C(C)N=c2s/c(=C\c3ccc(COc4ccc(I)cc4I)cc3)c(=O)n2[C@H]1c1ccc(OC)c(OC)c1. The van der Waals surface area contributed by atoms with Crippen molar-refractivity contribution in [1.82, 2.24) is 4.57 Å². The van der Waals surface area contributed by atoms with Crippen LogP contribution >= 0.6 is 56.5 Å². The summed E-state index contributed by atoms with van der Waals surface area (Å²) in [6, 6.07) is 18.5. The van der Waals surface area contributed by atoms with Crippen LogP contribution in [0.3, 0.4) is 0 Å². The van der Waals surface area contributed by atoms with Gasteiger partial charge in [-0.05, 0) is 112 Å². The normalized spacial score (nSPS) is 14.7. The Morgan fingerprint density at radius 3 is 2.40 bits per heavy atom. The Kier molecular flexibility index (Phi) is 9.92. The topological polar surface area (TPSA) is 88.4 Å². The van der Waals surface area contributed by atoms with Crippen LogP contribution in [0.5, 0.6) is 17.2 Å². The van der Waals surface area contributed by atoms with Gasteiger partial charge in [-0.15, -0.1) is 0 Å². The molecule has 0 radical (unpaired) electrons. The second-order valence-electron chi connectivity index (χ2n) is 9.52. The molecule has 1 aromatic heterocycles. The van der Waals surface area contributed by atoms with Gasteiger partial charge in [-0.2, -0.15) is 0 Å². The zero-order chi connectivity index (χ0) is 30.7. The van der Waals surface area contributed by atoms with Crippen LogP contribution in [0.2, 0.25) is 0 Å². The first-order valence-corrected chi connectivity index (χ1v) is 16.3. The van der Waals surface area contributed by atoms with Crippen LogP contribution in [0.25, 0.3) is 6.08 Å². The highest BCUT2D eigenvalue weighted by Gasteiger charge is 2.34. The van der Waals surface area contributed by atoms with E-state index in [-0.39, 0.29) is 12.2 Å². The van der Waals surface area contributed by atoms with Crippen LogP contribution in [0.4, 0.5) is 0 Å². The summed E-state index contributed by atoms with van der Waals surface area (Å²) in [5.41, 5.74) is 3.10. The van der Waals surface area contributed by atoms with E-state index in [1.807, 2.05) is 48.5 Å². The van der Waals surface area contributed by atoms with E-state index in [1.165, 1.54) is 11.3 Å². The van der Waals surface area contributed by atoms with Gasteiger partial charge in [0, 0.05) is 3.57 Å². The minimum absolute atomic E-state index is 0.198. The zero-order valence-electron chi connectivity index (χ0n) is 23.9. The predicted octanol–water partition coefficient (Wildman–Crippen LogP) is 5.60. The second-order valence-corrected chi connectivity index (χ2v) is 12.9. The number of nitrogens with zero attached hydrogens (tertiary/aromatic N) is 2. The molecule has 0 aliphatic carbocycles. The Morgan fingerprint density at radius 2 is 1.72 bits per heavy atom. The van der Waals surface area contributed by atoms with E-state index in [2.05, 4.69) is 56.2 Å². The molecule has 2 heterocycles. The highest BCUT2D eigenvalue weighted by atomic mass is 127. The Labute approximate surface area is 279 Å². The van der Waals surface area contributed by atoms with Crippen LogP contribution in [-0.2, 0) is 16.1 Å². The number of carbonyl (C=O) groups is 1. The molecular weight excluding hydrogens is 794 g/mol. The molecule has 0 spiro atoms. The average molecular weight is 822 g/mol. The number of esters is 1. The smallest absolute Gasteiger partial charge is 0.338 e. The lowest BCUT2D eigenvalue weighted by Gasteiger charge is -2.25. The maximum absolute atomic E-state index is 13.9. The van der Waals surface area contributed by atoms with E-state index < -0.39 is 12.0 Å². The minimum Gasteiger partial charge on any atom is -0.493 e. The quantitative estimate of drug-likeness (QED) is 0.162. The van der Waals surface area contributed by atoms with Gasteiger partial charge >= 0.3 is 5.97 Å². The lowest BCUT2D eigenvalue weighted by Crippen LogP contribution is -2.39. The number of aromatic nitrogens is 1. The first-order chi connectivity index (χ1) is 20.7. The zero-order valence-corrected chi connectivity index (χ0v) is 29.0. The molecule has 8 nitrogen and oxygen atoms in total. The maximum atomic E-state index is 13.9. The maximum Gasteiger partial charge on any atom is 0.338 e. The fourth-order valence-corrected chi connectivity index (χ4v) is 7.55. The van der Waals surface area contributed by atoms with E-state index in [4.69, 9.17) is 18.9 Å². The summed E-state index contributed by atoms with van der Waals surface area (Å²) in [5, 5.41) is 0. The number of benzene rings is 3. The van der Waals surface area contributed by atoms with Crippen molar-refractivity contribution >= 4 is 68.6 Å². The van der Waals surface area contributed by atoms with Crippen molar-refractivity contribution < 1.29 is 23.7 Å². The first-order valence-electron chi connectivity index (χ1n) is 13.3. The summed E-state index contributed by atoms with van der Waals surface area (Å²) < 4.78 is 26.6. The second kappa shape index (κ2) is 13.6. The summed E-state index contributed by atoms with van der Waals surface area (Å²) >= 11 is 5.83. The number of fused-ring (bicyclic) bond motifs is 1. The number of methoxy groups -OCH3 is 2. The van der Waals surface area contributed by atoms with E-state index >= 15 is 0 Å². The Morgan fingerprint density at radius 1 is 1.00 bits per heavy atom. The van der Waals surface area contributed by atoms with Gasteiger partial charge in [-0.1, -0.05) is 41.7 Å². The number of hydrogen-bond donors (Lipinski definition) is 0. The fourth-order valence-electron chi connectivity index (χ4n) is 4.74. The van der Waals surface area contributed by atoms with Gasteiger partial charge in [0.25, 0.3) is 5.56 Å². The van der Waals surface area contributed by atoms with Crippen molar-refractivity contribution in [2.45, 2.75) is 26.5 Å². The van der Waals surface area contributed by atoms with Gasteiger partial charge in [0.05, 0.1) is 46.2 Å². The molecule has 5 rings (SSSR count). The summed E-state index contributed by atoms with van der Waals surface area (Å²) in [7, 11) is 3.10. The minimum atomic E-state index is -0.749. The molecule has 43 heavy (non-hydrogen) atoms. The first kappa shape index (κ1) is 31.3. The molecule has 0 fully saturated rings. The van der Waals surface area contributed by atoms with Gasteiger partial charge in [0.15, 0.2) is 16.3 Å². The van der Waals surface area contributed by atoms with E-state index in [0.29, 0.717) is 44.3 Å². The molecule has 3 aromatic carbocycles. The van der Waals surface area contributed by atoms with Gasteiger partial charge in [-0.25, -0.2) is 9.79 Å². The van der Waals surface area contributed by atoms with Gasteiger partial charge < -0.3 is 18.9 Å². The molecule has 1 aliphatic rings. The van der Waals surface area contributed by atoms with Crippen molar-refractivity contribution in [1.29, 1.82) is 0 Å². The van der Waals surface area contributed by atoms with Crippen LogP contribution in [0, 0.1) is 7.14 Å². The molecule has 0 N–H and O–H groups in total. The van der Waals surface area contributed by atoms with Crippen molar-refractivity contribution in [2.75, 3.05) is 20.8 Å². The average Bonchev–Trinajstić information content (AvgIpc) is 3.30. The Balaban J connectivity index is 1.51. The molecular formula is C32H28I2N2O6S. The third kappa shape index (κ3) is 6.68. The van der Waals surface area contributed by atoms with Crippen LogP contribution in [-0.4, -0.2) is 31.4 Å². The Hall–Kier alpha value is -3.17. The highest BCUT2D eigenvalue weighted by Crippen LogP contribution is 2.36. The lowest BCUT2D eigenvalue weighted by atomic mass is 9.95. The number of hydrogen-bond acceptors (Lipinski definition) is 8. The van der Waals surface area contributed by atoms with Crippen molar-refractivity contribution in [3.05, 3.63) is 115 Å². The van der Waals surface area contributed by atoms with E-state index in [0.717, 1.165) is 24.0 Å². The van der Waals surface area contributed by atoms with Gasteiger partial charge in [0.2, 0.25) is 0 Å². The summed E-state index contributed by atoms with van der Waals surface area (Å²) in [6.45, 7) is 4.13. The molecule has 0 unspecified atom stereocenters. The number of rotatable bonds is 9. The highest BCUT2D eigenvalue weighted by molar-refractivity contribution is 14.1. The summed E-state index contributed by atoms with van der Waals surface area (Å²) in [6.07, 6.45) is 1.84. The van der Waals surface area contributed by atoms with Crippen molar-refractivity contribution in [3.8, 4) is 17.2 Å². The molecule has 4 aromatic rings. The standard InChI is InChI=1S/C32H28I2N2O6S/c1-5-41-31(38)28-18(2)35-32-36(29(28)21-10-12-25(39-3)26(15-21)40-4)30(37)27(43-32)14-19-6-8-20(9-7-19)17-42-24-13-11-22(33)16-23(24)34/h6-16,29H,5,17H2,1-4H3/b27-14-/t29-/m0/s1. The van der Waals surface area contributed by atoms with Crippen LogP contribution in [0.15, 0.2) is 81.7 Å². The molecule has 0 saturated heterocycles. The van der Waals surface area contributed by atoms with Gasteiger partial charge in [-0.3, -0.25) is 9.36 Å². The largest absolute Gasteiger partial charge is 0.493 e. The van der Waals surface area contributed by atoms with Crippen molar-refractivity contribution in [2.24, 2.45) is 4.99 Å².